The van der Waals surface area contributed by atoms with Crippen molar-refractivity contribution in [1.82, 2.24) is 14.7 Å². The van der Waals surface area contributed by atoms with E-state index in [1.165, 1.54) is 12.1 Å². The molecule has 0 saturated heterocycles. The van der Waals surface area contributed by atoms with Crippen LogP contribution in [0.25, 0.3) is 5.69 Å². The van der Waals surface area contributed by atoms with E-state index in [0.717, 1.165) is 16.8 Å². The summed E-state index contributed by atoms with van der Waals surface area (Å²) >= 11 is 0. The second-order valence-electron chi connectivity index (χ2n) is 6.00. The Balaban J connectivity index is 1.59. The van der Waals surface area contributed by atoms with Gasteiger partial charge in [-0.15, -0.1) is 0 Å². The molecular weight excluding hydrogens is 317 g/mol. The molecule has 0 N–H and O–H groups in total. The van der Waals surface area contributed by atoms with E-state index in [9.17, 15) is 9.18 Å². The summed E-state index contributed by atoms with van der Waals surface area (Å²) in [6.07, 6.45) is 4.51. The van der Waals surface area contributed by atoms with Crippen LogP contribution in [0.3, 0.4) is 0 Å². The van der Waals surface area contributed by atoms with E-state index in [2.05, 4.69) is 5.10 Å². The van der Waals surface area contributed by atoms with E-state index >= 15 is 0 Å². The molecule has 25 heavy (non-hydrogen) atoms. The summed E-state index contributed by atoms with van der Waals surface area (Å²) in [6, 6.07) is 16.2. The Kier molecular flexibility index (Phi) is 5.23. The first-order valence-electron chi connectivity index (χ1n) is 8.19. The molecule has 0 unspecified atom stereocenters. The minimum atomic E-state index is -0.270. The lowest BCUT2D eigenvalue weighted by Gasteiger charge is -2.18. The van der Waals surface area contributed by atoms with E-state index in [0.29, 0.717) is 19.4 Å². The van der Waals surface area contributed by atoms with Crippen molar-refractivity contribution in [2.24, 2.45) is 0 Å². The molecule has 0 aliphatic carbocycles. The highest BCUT2D eigenvalue weighted by Gasteiger charge is 2.10. The number of nitrogens with zero attached hydrogens (tertiary/aromatic N) is 3. The maximum Gasteiger partial charge on any atom is 0.222 e. The van der Waals surface area contributed by atoms with Crippen molar-refractivity contribution in [3.8, 4) is 5.69 Å². The molecule has 4 nitrogen and oxygen atoms in total. The third kappa shape index (κ3) is 4.53. The number of rotatable bonds is 6. The molecule has 3 aromatic rings. The van der Waals surface area contributed by atoms with Crippen LogP contribution in [-0.2, 0) is 17.8 Å². The molecule has 128 valence electrons. The lowest BCUT2D eigenvalue weighted by molar-refractivity contribution is -0.130. The van der Waals surface area contributed by atoms with Crippen LogP contribution in [-0.4, -0.2) is 27.6 Å². The first-order valence-corrected chi connectivity index (χ1v) is 8.19. The van der Waals surface area contributed by atoms with Crippen molar-refractivity contribution >= 4 is 5.91 Å². The molecule has 0 atom stereocenters. The number of aromatic nitrogens is 2. The lowest BCUT2D eigenvalue weighted by Crippen LogP contribution is -2.26. The fourth-order valence-corrected chi connectivity index (χ4v) is 2.72. The average Bonchev–Trinajstić information content (AvgIpc) is 3.14. The van der Waals surface area contributed by atoms with Crippen LogP contribution in [0.2, 0.25) is 0 Å². The van der Waals surface area contributed by atoms with E-state index in [4.69, 9.17) is 0 Å². The van der Waals surface area contributed by atoms with Gasteiger partial charge < -0.3 is 4.90 Å². The standard InChI is InChI=1S/C20H20FN3O/c1-23(20(25)10-9-16-5-2-7-18(21)13-16)15-17-6-3-8-19(14-17)24-12-4-11-22-24/h2-8,11-14H,9-10,15H2,1H3. The normalized spacial score (nSPS) is 10.6. The van der Waals surface area contributed by atoms with Crippen molar-refractivity contribution in [2.75, 3.05) is 7.05 Å². The Hall–Kier alpha value is -2.95. The fourth-order valence-electron chi connectivity index (χ4n) is 2.72. The van der Waals surface area contributed by atoms with Gasteiger partial charge in [-0.05, 0) is 47.9 Å². The van der Waals surface area contributed by atoms with Crippen LogP contribution in [0.1, 0.15) is 17.5 Å². The topological polar surface area (TPSA) is 38.1 Å². The van der Waals surface area contributed by atoms with Crippen molar-refractivity contribution in [3.63, 3.8) is 0 Å². The molecule has 0 aliphatic rings. The van der Waals surface area contributed by atoms with Gasteiger partial charge in [-0.3, -0.25) is 4.79 Å². The summed E-state index contributed by atoms with van der Waals surface area (Å²) < 4.78 is 15.0. The molecule has 0 aliphatic heterocycles. The highest BCUT2D eigenvalue weighted by atomic mass is 19.1. The first-order chi connectivity index (χ1) is 12.1. The predicted molar refractivity (Wildman–Crippen MR) is 94.8 cm³/mol. The summed E-state index contributed by atoms with van der Waals surface area (Å²) in [5, 5.41) is 4.22. The van der Waals surface area contributed by atoms with Gasteiger partial charge in [0.2, 0.25) is 5.91 Å². The summed E-state index contributed by atoms with van der Waals surface area (Å²) in [4.78, 5) is 14.0. The molecule has 0 spiro atoms. The average molecular weight is 337 g/mol. The maximum absolute atomic E-state index is 13.2. The molecule has 0 bridgehead atoms. The van der Waals surface area contributed by atoms with Crippen molar-refractivity contribution in [2.45, 2.75) is 19.4 Å². The Labute approximate surface area is 146 Å². The SMILES string of the molecule is CN(Cc1cccc(-n2cccn2)c1)C(=O)CCc1cccc(F)c1. The smallest absolute Gasteiger partial charge is 0.222 e. The van der Waals surface area contributed by atoms with Crippen LogP contribution in [0.4, 0.5) is 4.39 Å². The molecule has 5 heteroatoms. The van der Waals surface area contributed by atoms with Gasteiger partial charge in [0, 0.05) is 32.4 Å². The molecule has 1 aromatic heterocycles. The maximum atomic E-state index is 13.2. The molecule has 1 heterocycles. The Bertz CT molecular complexity index is 846. The summed E-state index contributed by atoms with van der Waals surface area (Å²) in [5.41, 5.74) is 2.83. The zero-order chi connectivity index (χ0) is 17.6. The number of aryl methyl sites for hydroxylation is 1. The second-order valence-corrected chi connectivity index (χ2v) is 6.00. The van der Waals surface area contributed by atoms with Crippen LogP contribution < -0.4 is 0 Å². The van der Waals surface area contributed by atoms with E-state index in [-0.39, 0.29) is 11.7 Å². The third-order valence-electron chi connectivity index (χ3n) is 4.04. The van der Waals surface area contributed by atoms with Crippen molar-refractivity contribution < 1.29 is 9.18 Å². The highest BCUT2D eigenvalue weighted by molar-refractivity contribution is 5.76. The Morgan fingerprint density at radius 1 is 1.12 bits per heavy atom. The highest BCUT2D eigenvalue weighted by Crippen LogP contribution is 2.13. The van der Waals surface area contributed by atoms with Crippen LogP contribution >= 0.6 is 0 Å². The largest absolute Gasteiger partial charge is 0.341 e. The molecule has 0 fully saturated rings. The van der Waals surface area contributed by atoms with Gasteiger partial charge in [0.25, 0.3) is 0 Å². The third-order valence-corrected chi connectivity index (χ3v) is 4.04. The number of carbonyl (C=O) groups is 1. The van der Waals surface area contributed by atoms with E-state index in [1.807, 2.05) is 42.6 Å². The molecule has 0 saturated carbocycles. The van der Waals surface area contributed by atoms with Gasteiger partial charge >= 0.3 is 0 Å². The van der Waals surface area contributed by atoms with Gasteiger partial charge in [0.15, 0.2) is 0 Å². The quantitative estimate of drug-likeness (QED) is 0.689. The number of hydrogen-bond acceptors (Lipinski definition) is 2. The fraction of sp³-hybridized carbons (Fsp3) is 0.200. The molecule has 0 radical (unpaired) electrons. The van der Waals surface area contributed by atoms with Gasteiger partial charge in [0.1, 0.15) is 5.82 Å². The minimum absolute atomic E-state index is 0.0359. The Morgan fingerprint density at radius 3 is 2.68 bits per heavy atom. The zero-order valence-corrected chi connectivity index (χ0v) is 14.1. The van der Waals surface area contributed by atoms with E-state index in [1.54, 1.807) is 28.9 Å². The summed E-state index contributed by atoms with van der Waals surface area (Å²) in [5.74, 6) is -0.234. The van der Waals surface area contributed by atoms with Gasteiger partial charge in [-0.25, -0.2) is 9.07 Å². The van der Waals surface area contributed by atoms with Gasteiger partial charge in [0.05, 0.1) is 5.69 Å². The lowest BCUT2D eigenvalue weighted by atomic mass is 10.1. The van der Waals surface area contributed by atoms with Crippen LogP contribution in [0.15, 0.2) is 67.0 Å². The number of amides is 1. The van der Waals surface area contributed by atoms with Crippen LogP contribution in [0.5, 0.6) is 0 Å². The van der Waals surface area contributed by atoms with Crippen LogP contribution in [0, 0.1) is 5.82 Å². The first kappa shape index (κ1) is 16.9. The number of carbonyl (C=O) groups excluding carboxylic acids is 1. The Morgan fingerprint density at radius 2 is 1.92 bits per heavy atom. The number of benzene rings is 2. The minimum Gasteiger partial charge on any atom is -0.341 e. The molecule has 2 aromatic carbocycles. The van der Waals surface area contributed by atoms with Crippen molar-refractivity contribution in [1.29, 1.82) is 0 Å². The molecule has 3 rings (SSSR count). The zero-order valence-electron chi connectivity index (χ0n) is 14.1. The van der Waals surface area contributed by atoms with Gasteiger partial charge in [-0.2, -0.15) is 5.10 Å². The molecular formula is C20H20FN3O. The second kappa shape index (κ2) is 7.75. The van der Waals surface area contributed by atoms with E-state index < -0.39 is 0 Å². The number of hydrogen-bond donors (Lipinski definition) is 0. The van der Waals surface area contributed by atoms with Crippen molar-refractivity contribution in [3.05, 3.63) is 83.9 Å². The number of halogens is 1. The predicted octanol–water partition coefficient (Wildman–Crippen LogP) is 3.60. The molecule has 1 amide bonds. The van der Waals surface area contributed by atoms with Gasteiger partial charge in [-0.1, -0.05) is 24.3 Å². The summed E-state index contributed by atoms with van der Waals surface area (Å²) in [6.45, 7) is 0.525. The summed E-state index contributed by atoms with van der Waals surface area (Å²) in [7, 11) is 1.79. The monoisotopic (exact) mass is 337 g/mol.